The Morgan fingerprint density at radius 1 is 1.06 bits per heavy atom. The molecule has 1 heterocycles. The van der Waals surface area contributed by atoms with E-state index in [0.717, 1.165) is 22.3 Å². The lowest BCUT2D eigenvalue weighted by atomic mass is 9.78. The van der Waals surface area contributed by atoms with E-state index in [1.165, 1.54) is 0 Å². The molecule has 7 nitrogen and oxygen atoms in total. The summed E-state index contributed by atoms with van der Waals surface area (Å²) in [6, 6.07) is 8.11. The summed E-state index contributed by atoms with van der Waals surface area (Å²) in [5.74, 6) is 0.385. The predicted molar refractivity (Wildman–Crippen MR) is 137 cm³/mol. The molecule has 33 heavy (non-hydrogen) atoms. The van der Waals surface area contributed by atoms with Crippen molar-refractivity contribution in [3.8, 4) is 5.75 Å². The molecular formula is C25H33BrN4O3. The normalized spacial score (nSPS) is 13.4. The molecule has 0 unspecified atom stereocenters. The van der Waals surface area contributed by atoms with Gasteiger partial charge in [0.2, 0.25) is 0 Å². The van der Waals surface area contributed by atoms with Gasteiger partial charge in [0.1, 0.15) is 11.6 Å². The zero-order chi connectivity index (χ0) is 24.0. The van der Waals surface area contributed by atoms with Crippen molar-refractivity contribution in [2.24, 2.45) is 5.73 Å². The van der Waals surface area contributed by atoms with Crippen molar-refractivity contribution in [1.29, 1.82) is 5.41 Å². The van der Waals surface area contributed by atoms with Crippen LogP contribution in [0.5, 0.6) is 5.75 Å². The third kappa shape index (κ3) is 5.55. The van der Waals surface area contributed by atoms with Crippen LogP contribution in [0.4, 0.5) is 10.5 Å². The van der Waals surface area contributed by atoms with Crippen LogP contribution < -0.4 is 11.1 Å². The minimum absolute atomic E-state index is 0. The van der Waals surface area contributed by atoms with Crippen LogP contribution in [0.1, 0.15) is 74.2 Å². The first kappa shape index (κ1) is 26.4. The van der Waals surface area contributed by atoms with Gasteiger partial charge in [0, 0.05) is 34.5 Å². The highest BCUT2D eigenvalue weighted by Gasteiger charge is 2.30. The fourth-order valence-electron chi connectivity index (χ4n) is 3.97. The van der Waals surface area contributed by atoms with Crippen LogP contribution in [0.3, 0.4) is 0 Å². The third-order valence-corrected chi connectivity index (χ3v) is 5.69. The molecule has 0 aromatic heterocycles. The Kier molecular flexibility index (Phi) is 7.33. The number of phenolic OH excluding ortho intramolecular Hbond substituents is 1. The second-order valence-corrected chi connectivity index (χ2v) is 10.4. The maximum atomic E-state index is 13.3. The van der Waals surface area contributed by atoms with Gasteiger partial charge in [0.25, 0.3) is 0 Å². The number of amides is 2. The number of carbonyl (C=O) groups is 2. The zero-order valence-corrected chi connectivity index (χ0v) is 21.7. The molecule has 2 aromatic rings. The van der Waals surface area contributed by atoms with Gasteiger partial charge < -0.3 is 21.1 Å². The lowest BCUT2D eigenvalue weighted by molar-refractivity contribution is 0.0962. The van der Waals surface area contributed by atoms with E-state index in [9.17, 15) is 14.7 Å². The number of primary amides is 1. The number of rotatable bonds is 4. The molecule has 178 valence electrons. The SMILES string of the molecule is Br.CC(C)(C)c1cc(C(=O)CN2Cc3cc(NC(N)=O)ccc3C2=N)cc(C(C)(C)C)c1O. The zero-order valence-electron chi connectivity index (χ0n) is 20.0. The highest BCUT2D eigenvalue weighted by Crippen LogP contribution is 2.40. The number of aromatic hydroxyl groups is 1. The van der Waals surface area contributed by atoms with E-state index < -0.39 is 6.03 Å². The summed E-state index contributed by atoms with van der Waals surface area (Å²) in [7, 11) is 0. The lowest BCUT2D eigenvalue weighted by Crippen LogP contribution is -2.30. The number of hydrogen-bond acceptors (Lipinski definition) is 4. The van der Waals surface area contributed by atoms with Gasteiger partial charge in [0.15, 0.2) is 5.78 Å². The standard InChI is InChI=1S/C25H32N4O3.BrH/c1-24(2,3)18-10-14(11-19(21(18)31)25(4,5)6)20(30)13-29-12-15-9-16(28-23(27)32)7-8-17(15)22(29)26;/h7-11,26,31H,12-13H2,1-6H3,(H3,27,28,32);1H. The number of ketones is 1. The van der Waals surface area contributed by atoms with Crippen LogP contribution in [0.2, 0.25) is 0 Å². The van der Waals surface area contributed by atoms with E-state index in [1.54, 1.807) is 35.2 Å². The Morgan fingerprint density at radius 3 is 2.09 bits per heavy atom. The summed E-state index contributed by atoms with van der Waals surface area (Å²) in [4.78, 5) is 26.1. The number of carbonyl (C=O) groups excluding carboxylic acids is 2. The third-order valence-electron chi connectivity index (χ3n) is 5.69. The van der Waals surface area contributed by atoms with E-state index in [4.69, 9.17) is 11.1 Å². The smallest absolute Gasteiger partial charge is 0.316 e. The number of anilines is 1. The molecule has 0 aliphatic carbocycles. The van der Waals surface area contributed by atoms with Crippen molar-refractivity contribution >= 4 is 40.3 Å². The lowest BCUT2D eigenvalue weighted by Gasteiger charge is -2.28. The van der Waals surface area contributed by atoms with Gasteiger partial charge >= 0.3 is 6.03 Å². The Hall–Kier alpha value is -2.87. The molecule has 8 heteroatoms. The molecule has 0 bridgehead atoms. The van der Waals surface area contributed by atoms with E-state index in [2.05, 4.69) is 5.32 Å². The van der Waals surface area contributed by atoms with Gasteiger partial charge in [-0.25, -0.2) is 4.79 Å². The molecule has 0 spiro atoms. The van der Waals surface area contributed by atoms with E-state index in [1.807, 2.05) is 41.5 Å². The topological polar surface area (TPSA) is 120 Å². The van der Waals surface area contributed by atoms with Crippen molar-refractivity contribution < 1.29 is 14.7 Å². The number of hydrogen-bond donors (Lipinski definition) is 4. The van der Waals surface area contributed by atoms with Crippen molar-refractivity contribution in [1.82, 2.24) is 4.90 Å². The van der Waals surface area contributed by atoms with Crippen molar-refractivity contribution in [3.63, 3.8) is 0 Å². The quantitative estimate of drug-likeness (QED) is 0.423. The average Bonchev–Trinajstić information content (AvgIpc) is 2.94. The van der Waals surface area contributed by atoms with E-state index in [0.29, 0.717) is 17.8 Å². The first-order valence-corrected chi connectivity index (χ1v) is 10.6. The molecule has 0 saturated carbocycles. The Bertz CT molecular complexity index is 1080. The van der Waals surface area contributed by atoms with Crippen LogP contribution in [0, 0.1) is 5.41 Å². The molecule has 0 radical (unpaired) electrons. The number of nitrogens with zero attached hydrogens (tertiary/aromatic N) is 1. The molecule has 0 atom stereocenters. The first-order chi connectivity index (χ1) is 14.7. The van der Waals surface area contributed by atoms with E-state index >= 15 is 0 Å². The summed E-state index contributed by atoms with van der Waals surface area (Å²) in [6.45, 7) is 12.5. The van der Waals surface area contributed by atoms with Gasteiger partial charge in [-0.05, 0) is 46.7 Å². The van der Waals surface area contributed by atoms with Crippen molar-refractivity contribution in [2.75, 3.05) is 11.9 Å². The maximum absolute atomic E-state index is 13.3. The molecule has 5 N–H and O–H groups in total. The van der Waals surface area contributed by atoms with Crippen LogP contribution >= 0.6 is 17.0 Å². The second-order valence-electron chi connectivity index (χ2n) is 10.4. The highest BCUT2D eigenvalue weighted by molar-refractivity contribution is 8.93. The average molecular weight is 517 g/mol. The molecule has 1 aliphatic heterocycles. The Balaban J connectivity index is 0.00000385. The number of urea groups is 1. The summed E-state index contributed by atoms with van der Waals surface area (Å²) in [5, 5.41) is 21.9. The summed E-state index contributed by atoms with van der Waals surface area (Å²) < 4.78 is 0. The minimum atomic E-state index is -0.651. The van der Waals surface area contributed by atoms with Crippen molar-refractivity contribution in [3.05, 3.63) is 58.1 Å². The number of amidine groups is 1. The number of phenols is 1. The summed E-state index contributed by atoms with van der Waals surface area (Å²) in [5.41, 5.74) is 8.64. The van der Waals surface area contributed by atoms with Crippen LogP contribution in [-0.4, -0.2) is 34.2 Å². The minimum Gasteiger partial charge on any atom is -0.507 e. The molecular weight excluding hydrogens is 484 g/mol. The number of nitrogens with one attached hydrogen (secondary N) is 2. The molecule has 0 fully saturated rings. The van der Waals surface area contributed by atoms with Crippen LogP contribution in [0.25, 0.3) is 0 Å². The molecule has 2 aromatic carbocycles. The van der Waals surface area contributed by atoms with Crippen LogP contribution in [-0.2, 0) is 17.4 Å². The van der Waals surface area contributed by atoms with E-state index in [-0.39, 0.29) is 51.7 Å². The number of benzene rings is 2. The highest BCUT2D eigenvalue weighted by atomic mass is 79.9. The molecule has 2 amide bonds. The second kappa shape index (κ2) is 9.17. The number of halogens is 1. The fourth-order valence-corrected chi connectivity index (χ4v) is 3.97. The number of nitrogens with two attached hydrogens (primary N) is 1. The van der Waals surface area contributed by atoms with Gasteiger partial charge in [-0.2, -0.15) is 0 Å². The molecule has 0 saturated heterocycles. The molecule has 3 rings (SSSR count). The monoisotopic (exact) mass is 516 g/mol. The van der Waals surface area contributed by atoms with Crippen LogP contribution in [0.15, 0.2) is 30.3 Å². The fraction of sp³-hybridized carbons (Fsp3) is 0.400. The first-order valence-electron chi connectivity index (χ1n) is 10.6. The predicted octanol–water partition coefficient (Wildman–Crippen LogP) is 5.08. The Morgan fingerprint density at radius 2 is 1.61 bits per heavy atom. The Labute approximate surface area is 205 Å². The van der Waals surface area contributed by atoms with Gasteiger partial charge in [0.05, 0.1) is 6.54 Å². The van der Waals surface area contributed by atoms with Gasteiger partial charge in [-0.15, -0.1) is 17.0 Å². The maximum Gasteiger partial charge on any atom is 0.316 e. The summed E-state index contributed by atoms with van der Waals surface area (Å²) in [6.07, 6.45) is 0. The largest absolute Gasteiger partial charge is 0.507 e. The number of fused-ring (bicyclic) bond motifs is 1. The molecule has 1 aliphatic rings. The summed E-state index contributed by atoms with van der Waals surface area (Å²) >= 11 is 0. The van der Waals surface area contributed by atoms with Crippen molar-refractivity contribution in [2.45, 2.75) is 58.9 Å². The van der Waals surface area contributed by atoms with Gasteiger partial charge in [-0.3, -0.25) is 10.2 Å². The van der Waals surface area contributed by atoms with Gasteiger partial charge in [-0.1, -0.05) is 41.5 Å². The number of Topliss-reactive ketones (excluding diaryl/α,β-unsaturated/α-hetero) is 1.